The lowest BCUT2D eigenvalue weighted by atomic mass is 9.33. The summed E-state index contributed by atoms with van der Waals surface area (Å²) in [4.78, 5) is 55.5. The molecule has 4 saturated heterocycles. The van der Waals surface area contributed by atoms with Crippen LogP contribution >= 0.6 is 0 Å². The molecule has 5 aliphatic carbocycles. The fourth-order valence-electron chi connectivity index (χ4n) is 17.5. The van der Waals surface area contributed by atoms with Gasteiger partial charge in [0.25, 0.3) is 0 Å². The lowest BCUT2D eigenvalue weighted by Gasteiger charge is -2.71. The van der Waals surface area contributed by atoms with E-state index >= 15 is 4.79 Å². The van der Waals surface area contributed by atoms with Gasteiger partial charge in [0.1, 0.15) is 84.6 Å². The monoisotopic (exact) mass is 1280 g/mol. The minimum Gasteiger partial charge on any atom is -0.497 e. The first-order valence-corrected chi connectivity index (χ1v) is 31.4. The fourth-order valence-corrected chi connectivity index (χ4v) is 17.5. The van der Waals surface area contributed by atoms with Gasteiger partial charge in [0.05, 0.1) is 43.5 Å². The molecule has 504 valence electrons. The van der Waals surface area contributed by atoms with E-state index in [-0.39, 0.29) is 30.6 Å². The van der Waals surface area contributed by atoms with Crippen molar-refractivity contribution in [1.29, 1.82) is 0 Å². The summed E-state index contributed by atoms with van der Waals surface area (Å²) in [5.41, 5.74) is -3.59. The van der Waals surface area contributed by atoms with Gasteiger partial charge < -0.3 is 113 Å². The van der Waals surface area contributed by atoms with Crippen molar-refractivity contribution in [3.63, 3.8) is 0 Å². The van der Waals surface area contributed by atoms with Gasteiger partial charge >= 0.3 is 17.9 Å². The molecule has 0 amide bonds. The SMILES string of the molecule is COc1ccc(/C=C/C(=O)O[C@@H]2[C@H](O)[C@@H](O[C@@H]3O[C@@H](C)[C@H](O)[C@@H](O)[C@H]3O)[C@H](OC(=O)[C@]34CCC(C)(C)C[C@H]3C3=CC[C@@H]5[C@@]6(C)CC[C@H](O[C@@H]7O[C@H](C(=O)O)[C@@H](O)[C@H](O)[C@H]7O[C@@H]7O[C@H](CO)[C@@H](O)[C@H](O)[C@H]7O)[C@@](C)(C=O)[C@@H]6CC[C@@]5(C)[C@]3(C)C[C@H]4O)O[C@@H]2C)cc1. The van der Waals surface area contributed by atoms with Crippen LogP contribution in [0, 0.1) is 50.2 Å². The molecule has 4 saturated carbocycles. The van der Waals surface area contributed by atoms with Gasteiger partial charge in [0, 0.05) is 6.08 Å². The van der Waals surface area contributed by atoms with E-state index in [4.69, 9.17) is 47.4 Å². The second kappa shape index (κ2) is 25.5. The summed E-state index contributed by atoms with van der Waals surface area (Å²) < 4.78 is 59.7. The number of allylic oxidation sites excluding steroid dienone is 2. The smallest absolute Gasteiger partial charge is 0.335 e. The molecular formula is C64H92O26. The van der Waals surface area contributed by atoms with E-state index in [2.05, 4.69) is 40.7 Å². The van der Waals surface area contributed by atoms with Crippen molar-refractivity contribution in [1.82, 2.24) is 0 Å². The first-order chi connectivity index (χ1) is 42.2. The van der Waals surface area contributed by atoms with Crippen LogP contribution in [0.15, 0.2) is 42.0 Å². The molecule has 10 rings (SSSR count). The summed E-state index contributed by atoms with van der Waals surface area (Å²) in [5.74, 6) is -3.91. The van der Waals surface area contributed by atoms with Crippen molar-refractivity contribution in [3.05, 3.63) is 47.6 Å². The number of ether oxygens (including phenoxy) is 10. The molecule has 4 heterocycles. The van der Waals surface area contributed by atoms with E-state index in [9.17, 15) is 75.7 Å². The van der Waals surface area contributed by atoms with E-state index < -0.39 is 198 Å². The van der Waals surface area contributed by atoms with Gasteiger partial charge in [-0.15, -0.1) is 0 Å². The number of rotatable bonds is 15. The number of carbonyl (C=O) groups is 4. The molecule has 30 atom stereocenters. The number of esters is 2. The third kappa shape index (κ3) is 11.6. The number of hydrogen-bond donors (Lipinski definition) is 12. The summed E-state index contributed by atoms with van der Waals surface area (Å²) in [6.45, 7) is 14.6. The van der Waals surface area contributed by atoms with Crippen LogP contribution in [-0.4, -0.2) is 234 Å². The highest BCUT2D eigenvalue weighted by molar-refractivity contribution is 5.87. The molecule has 90 heavy (non-hydrogen) atoms. The predicted molar refractivity (Wildman–Crippen MR) is 308 cm³/mol. The molecule has 0 unspecified atom stereocenters. The normalized spacial score (nSPS) is 49.2. The van der Waals surface area contributed by atoms with Crippen molar-refractivity contribution in [3.8, 4) is 5.75 Å². The third-order valence-electron chi connectivity index (χ3n) is 23.1. The highest BCUT2D eigenvalue weighted by atomic mass is 16.8. The third-order valence-corrected chi connectivity index (χ3v) is 23.1. The molecule has 1 aromatic rings. The van der Waals surface area contributed by atoms with Crippen molar-refractivity contribution in [2.45, 2.75) is 248 Å². The molecule has 0 bridgehead atoms. The molecular weight excluding hydrogens is 1180 g/mol. The number of aliphatic hydroxyl groups excluding tert-OH is 11. The van der Waals surface area contributed by atoms with E-state index in [1.807, 2.05) is 0 Å². The molecule has 4 aliphatic heterocycles. The standard InChI is InChI=1S/C64H92O26/c1-28-40(69)42(71)46(75)54(82-28)89-52-48(77)49(86-39(68)17-12-30-10-13-31(81-9)14-11-30)29(2)83-56(52)90-58(80)64-23-22-59(3,4)24-33(64)32-15-16-36-60(5)20-19-38(61(6,27-66)35(60)18-21-62(36,7)63(32,8)25-37(64)67)85-57-51(45(74)44(73)50(87-57)53(78)79)88-55-47(76)43(72)41(70)34(26-65)84-55/h10-15,17,27-29,33-38,40-52,54-57,65,67,69-77H,16,18-26H2,1-9H3,(H,78,79)/b17-12+/t28-,29+,33-,34+,35+,36+,37+,38-,40-,41+,42+,43-,44-,45-,46+,47+,48-,49-,50-,51+,52+,54-,55-,56-,57+,60-,61-,62+,63+,64+/m0/s1. The summed E-state index contributed by atoms with van der Waals surface area (Å²) >= 11 is 0. The minimum atomic E-state index is -2.10. The van der Waals surface area contributed by atoms with Gasteiger partial charge in [-0.25, -0.2) is 9.59 Å². The molecule has 1 aromatic carbocycles. The Balaban J connectivity index is 0.920. The van der Waals surface area contributed by atoms with Crippen LogP contribution in [0.4, 0.5) is 0 Å². The largest absolute Gasteiger partial charge is 0.497 e. The maximum absolute atomic E-state index is 15.7. The number of carboxylic acid groups (broad SMARTS) is 1. The van der Waals surface area contributed by atoms with Gasteiger partial charge in [0.15, 0.2) is 37.2 Å². The van der Waals surface area contributed by atoms with Crippen LogP contribution < -0.4 is 4.74 Å². The highest BCUT2D eigenvalue weighted by Gasteiger charge is 2.73. The molecule has 8 fully saturated rings. The van der Waals surface area contributed by atoms with E-state index in [1.54, 1.807) is 31.2 Å². The van der Waals surface area contributed by atoms with Crippen molar-refractivity contribution in [2.75, 3.05) is 13.7 Å². The van der Waals surface area contributed by atoms with Gasteiger partial charge in [-0.2, -0.15) is 0 Å². The van der Waals surface area contributed by atoms with Crippen molar-refractivity contribution >= 4 is 30.3 Å². The Morgan fingerprint density at radius 1 is 0.633 bits per heavy atom. The van der Waals surface area contributed by atoms with Crippen LogP contribution in [-0.2, 0) is 61.8 Å². The summed E-state index contributed by atoms with van der Waals surface area (Å²) in [6.07, 6.45) is -28.0. The number of fused-ring (bicyclic) bond motifs is 7. The zero-order valence-electron chi connectivity index (χ0n) is 52.2. The number of aliphatic carboxylic acids is 1. The topological polar surface area (TPSA) is 403 Å². The zero-order chi connectivity index (χ0) is 65.7. The van der Waals surface area contributed by atoms with Gasteiger partial charge in [-0.3, -0.25) is 4.79 Å². The number of carbonyl (C=O) groups excluding carboxylic acids is 3. The summed E-state index contributed by atoms with van der Waals surface area (Å²) in [7, 11) is 1.52. The van der Waals surface area contributed by atoms with Crippen LogP contribution in [0.25, 0.3) is 6.08 Å². The molecule has 0 radical (unpaired) electrons. The number of aliphatic hydroxyl groups is 11. The number of carboxylic acids is 1. The Morgan fingerprint density at radius 2 is 1.27 bits per heavy atom. The molecule has 26 nitrogen and oxygen atoms in total. The molecule has 12 N–H and O–H groups in total. The first-order valence-electron chi connectivity index (χ1n) is 31.4. The van der Waals surface area contributed by atoms with E-state index in [0.29, 0.717) is 49.8 Å². The number of hydrogen-bond acceptors (Lipinski definition) is 25. The van der Waals surface area contributed by atoms with Gasteiger partial charge in [-0.05, 0) is 135 Å². The lowest BCUT2D eigenvalue weighted by Crippen LogP contribution is -2.69. The maximum atomic E-state index is 15.7. The van der Waals surface area contributed by atoms with E-state index in [1.165, 1.54) is 27.0 Å². The highest BCUT2D eigenvalue weighted by Crippen LogP contribution is 2.76. The van der Waals surface area contributed by atoms with E-state index in [0.717, 1.165) is 17.9 Å². The molecule has 26 heteroatoms. The van der Waals surface area contributed by atoms with Crippen LogP contribution in [0.1, 0.15) is 119 Å². The average molecular weight is 1280 g/mol. The second-order valence-corrected chi connectivity index (χ2v) is 28.6. The van der Waals surface area contributed by atoms with Crippen molar-refractivity contribution in [2.24, 2.45) is 50.2 Å². The fraction of sp³-hybridized carbons (Fsp3) is 0.781. The van der Waals surface area contributed by atoms with Crippen molar-refractivity contribution < 1.29 is 128 Å². The van der Waals surface area contributed by atoms with Crippen LogP contribution in [0.2, 0.25) is 0 Å². The lowest BCUT2D eigenvalue weighted by molar-refractivity contribution is -0.373. The van der Waals surface area contributed by atoms with Gasteiger partial charge in [-0.1, -0.05) is 65.3 Å². The number of aldehydes is 1. The predicted octanol–water partition coefficient (Wildman–Crippen LogP) is 0.535. The second-order valence-electron chi connectivity index (χ2n) is 28.6. The summed E-state index contributed by atoms with van der Waals surface area (Å²) in [5, 5.41) is 132. The Hall–Kier alpha value is -4.14. The minimum absolute atomic E-state index is 0.107. The quantitative estimate of drug-likeness (QED) is 0.0375. The Bertz CT molecular complexity index is 2830. The maximum Gasteiger partial charge on any atom is 0.335 e. The average Bonchev–Trinajstić information content (AvgIpc) is 0.672. The van der Waals surface area contributed by atoms with Gasteiger partial charge in [0.2, 0.25) is 6.29 Å². The summed E-state index contributed by atoms with van der Waals surface area (Å²) in [6, 6.07) is 6.84. The Labute approximate surface area is 521 Å². The number of methoxy groups -OCH3 is 1. The van der Waals surface area contributed by atoms with Crippen LogP contribution in [0.3, 0.4) is 0 Å². The van der Waals surface area contributed by atoms with Crippen LogP contribution in [0.5, 0.6) is 5.75 Å². The molecule has 9 aliphatic rings. The zero-order valence-corrected chi connectivity index (χ0v) is 52.2. The number of benzene rings is 1. The first kappa shape index (κ1) is 68.7. The Kier molecular flexibility index (Phi) is 19.5. The molecule has 0 aromatic heterocycles. The Morgan fingerprint density at radius 3 is 1.90 bits per heavy atom. The molecule has 0 spiro atoms.